The Morgan fingerprint density at radius 1 is 1.13 bits per heavy atom. The van der Waals surface area contributed by atoms with Crippen LogP contribution in [0.15, 0.2) is 47.7 Å². The number of nitrogens with zero attached hydrogens (tertiary/aromatic N) is 5. The van der Waals surface area contributed by atoms with E-state index in [4.69, 9.17) is 0 Å². The Labute approximate surface area is 171 Å². The van der Waals surface area contributed by atoms with Gasteiger partial charge in [-0.15, -0.1) is 0 Å². The minimum atomic E-state index is -1.05. The summed E-state index contributed by atoms with van der Waals surface area (Å²) in [5.74, 6) is -2.27. The quantitative estimate of drug-likeness (QED) is 0.614. The van der Waals surface area contributed by atoms with Crippen molar-refractivity contribution in [2.45, 2.75) is 12.8 Å². The van der Waals surface area contributed by atoms with Gasteiger partial charge in [0.1, 0.15) is 6.33 Å². The summed E-state index contributed by atoms with van der Waals surface area (Å²) in [6.45, 7) is 0.945. The highest BCUT2D eigenvalue weighted by molar-refractivity contribution is 5.98. The van der Waals surface area contributed by atoms with Crippen LogP contribution in [0.1, 0.15) is 23.2 Å². The summed E-state index contributed by atoms with van der Waals surface area (Å²) < 4.78 is 28.2. The van der Waals surface area contributed by atoms with Crippen LogP contribution in [0.2, 0.25) is 0 Å². The van der Waals surface area contributed by atoms with E-state index in [1.807, 2.05) is 4.90 Å². The lowest BCUT2D eigenvalue weighted by molar-refractivity contribution is 0.0906. The van der Waals surface area contributed by atoms with Crippen molar-refractivity contribution in [3.05, 3.63) is 70.4 Å². The highest BCUT2D eigenvalue weighted by atomic mass is 19.2. The molecule has 0 bridgehead atoms. The fraction of sp³-hybridized carbons (Fsp3) is 0.286. The van der Waals surface area contributed by atoms with Gasteiger partial charge in [-0.1, -0.05) is 0 Å². The Kier molecular flexibility index (Phi) is 5.35. The number of carbonyl (C=O) groups excluding carboxylic acids is 1. The molecule has 4 rings (SSSR count). The van der Waals surface area contributed by atoms with E-state index in [1.165, 1.54) is 23.0 Å². The molecule has 9 heteroatoms. The first kappa shape index (κ1) is 19.8. The molecule has 1 saturated heterocycles. The van der Waals surface area contributed by atoms with Crippen molar-refractivity contribution < 1.29 is 13.6 Å². The van der Waals surface area contributed by atoms with Gasteiger partial charge < -0.3 is 4.90 Å². The molecule has 1 aromatic carbocycles. The molecule has 1 aliphatic heterocycles. The molecule has 1 aliphatic rings. The van der Waals surface area contributed by atoms with Gasteiger partial charge in [-0.3, -0.25) is 14.2 Å². The van der Waals surface area contributed by atoms with Crippen molar-refractivity contribution in [2.24, 2.45) is 13.0 Å². The van der Waals surface area contributed by atoms with Crippen LogP contribution in [0.5, 0.6) is 0 Å². The van der Waals surface area contributed by atoms with Gasteiger partial charge in [-0.25, -0.2) is 23.7 Å². The Hall–Kier alpha value is -3.49. The van der Waals surface area contributed by atoms with E-state index in [1.54, 1.807) is 19.3 Å². The third kappa shape index (κ3) is 3.83. The summed E-state index contributed by atoms with van der Waals surface area (Å²) in [5, 5.41) is 0. The van der Waals surface area contributed by atoms with Crippen molar-refractivity contribution in [3.8, 4) is 11.4 Å². The fourth-order valence-electron chi connectivity index (χ4n) is 3.64. The second-order valence-electron chi connectivity index (χ2n) is 7.21. The van der Waals surface area contributed by atoms with Crippen molar-refractivity contribution in [1.82, 2.24) is 19.5 Å². The Bertz CT molecular complexity index is 1150. The molecule has 0 N–H and O–H groups in total. The highest BCUT2D eigenvalue weighted by Gasteiger charge is 2.29. The summed E-state index contributed by atoms with van der Waals surface area (Å²) >= 11 is 0. The molecule has 2 aromatic heterocycles. The summed E-state index contributed by atoms with van der Waals surface area (Å²) in [5.41, 5.74) is 0.833. The van der Waals surface area contributed by atoms with Gasteiger partial charge in [0.2, 0.25) is 5.95 Å². The molecule has 0 aliphatic carbocycles. The van der Waals surface area contributed by atoms with Crippen molar-refractivity contribution in [2.75, 3.05) is 18.0 Å². The van der Waals surface area contributed by atoms with E-state index in [9.17, 15) is 18.4 Å². The number of hydrogen-bond donors (Lipinski definition) is 0. The Morgan fingerprint density at radius 2 is 1.97 bits per heavy atom. The maximum atomic E-state index is 13.6. The fourth-order valence-corrected chi connectivity index (χ4v) is 3.64. The highest BCUT2D eigenvalue weighted by Crippen LogP contribution is 2.25. The number of rotatable bonds is 4. The van der Waals surface area contributed by atoms with Gasteiger partial charge in [0.15, 0.2) is 17.4 Å². The molecule has 0 saturated carbocycles. The third-order valence-corrected chi connectivity index (χ3v) is 5.23. The summed E-state index contributed by atoms with van der Waals surface area (Å²) in [6, 6.07) is 6.25. The number of halogens is 2. The van der Waals surface area contributed by atoms with Crippen molar-refractivity contribution >= 4 is 11.7 Å². The zero-order valence-electron chi connectivity index (χ0n) is 16.3. The van der Waals surface area contributed by atoms with Gasteiger partial charge in [0.05, 0.1) is 11.4 Å². The molecule has 0 radical (unpaired) electrons. The molecule has 30 heavy (non-hydrogen) atoms. The predicted octanol–water partition coefficient (Wildman–Crippen LogP) is 2.61. The van der Waals surface area contributed by atoms with E-state index in [-0.39, 0.29) is 16.9 Å². The van der Waals surface area contributed by atoms with Gasteiger partial charge in [-0.05, 0) is 37.1 Å². The van der Waals surface area contributed by atoms with Gasteiger partial charge in [0, 0.05) is 43.9 Å². The third-order valence-electron chi connectivity index (χ3n) is 5.23. The minimum Gasteiger partial charge on any atom is -0.341 e. The number of ketones is 1. The zero-order valence-corrected chi connectivity index (χ0v) is 16.3. The van der Waals surface area contributed by atoms with Crippen LogP contribution in [0.25, 0.3) is 11.4 Å². The lowest BCUT2D eigenvalue weighted by Crippen LogP contribution is -2.42. The average Bonchev–Trinajstić information content (AvgIpc) is 2.77. The van der Waals surface area contributed by atoms with Crippen LogP contribution in [0.3, 0.4) is 0 Å². The molecule has 0 spiro atoms. The topological polar surface area (TPSA) is 81.0 Å². The van der Waals surface area contributed by atoms with Crippen LogP contribution >= 0.6 is 0 Å². The smallest absolute Gasteiger partial charge is 0.255 e. The average molecular weight is 411 g/mol. The van der Waals surface area contributed by atoms with Crippen LogP contribution < -0.4 is 10.5 Å². The predicted molar refractivity (Wildman–Crippen MR) is 106 cm³/mol. The molecule has 3 heterocycles. The standard InChI is InChI=1S/C21H19F2N5O2/c1-27-19(29)10-18(17-6-7-24-12-25-17)26-21(27)28-8-2-3-14(11-28)20(30)13-4-5-15(22)16(23)9-13/h4-7,9-10,12,14H,2-3,8,11H2,1H3. The largest absolute Gasteiger partial charge is 0.341 e. The van der Waals surface area contributed by atoms with Crippen molar-refractivity contribution in [3.63, 3.8) is 0 Å². The van der Waals surface area contributed by atoms with Gasteiger partial charge in [-0.2, -0.15) is 0 Å². The summed E-state index contributed by atoms with van der Waals surface area (Å²) in [4.78, 5) is 39.8. The van der Waals surface area contributed by atoms with Crippen LogP contribution in [0.4, 0.5) is 14.7 Å². The minimum absolute atomic E-state index is 0.136. The van der Waals surface area contributed by atoms with Gasteiger partial charge in [0.25, 0.3) is 5.56 Å². The first-order valence-corrected chi connectivity index (χ1v) is 9.52. The van der Waals surface area contributed by atoms with Gasteiger partial charge >= 0.3 is 0 Å². The van der Waals surface area contributed by atoms with E-state index >= 15 is 0 Å². The number of hydrogen-bond acceptors (Lipinski definition) is 6. The molecular weight excluding hydrogens is 392 g/mol. The van der Waals surface area contributed by atoms with Crippen molar-refractivity contribution in [1.29, 1.82) is 0 Å². The Morgan fingerprint density at radius 3 is 2.70 bits per heavy atom. The lowest BCUT2D eigenvalue weighted by Gasteiger charge is -2.33. The van der Waals surface area contributed by atoms with E-state index < -0.39 is 17.6 Å². The molecule has 154 valence electrons. The normalized spacial score (nSPS) is 16.5. The molecule has 7 nitrogen and oxygen atoms in total. The first-order chi connectivity index (χ1) is 14.4. The Balaban J connectivity index is 1.63. The summed E-state index contributed by atoms with van der Waals surface area (Å²) in [6.07, 6.45) is 4.27. The van der Waals surface area contributed by atoms with E-state index in [2.05, 4.69) is 15.0 Å². The lowest BCUT2D eigenvalue weighted by atomic mass is 9.90. The number of piperidine rings is 1. The summed E-state index contributed by atoms with van der Waals surface area (Å²) in [7, 11) is 1.62. The van der Waals surface area contributed by atoms with Crippen LogP contribution in [-0.2, 0) is 7.05 Å². The van der Waals surface area contributed by atoms with Crippen LogP contribution in [0, 0.1) is 17.6 Å². The van der Waals surface area contributed by atoms with E-state index in [0.29, 0.717) is 43.3 Å². The number of aromatic nitrogens is 4. The maximum Gasteiger partial charge on any atom is 0.255 e. The SMILES string of the molecule is Cn1c(N2CCCC(C(=O)c3ccc(F)c(F)c3)C2)nc(-c2ccncn2)cc1=O. The molecule has 1 fully saturated rings. The number of benzene rings is 1. The molecule has 1 unspecified atom stereocenters. The monoisotopic (exact) mass is 411 g/mol. The molecule has 3 aromatic rings. The number of carbonyl (C=O) groups is 1. The molecular formula is C21H19F2N5O2. The molecule has 0 amide bonds. The van der Waals surface area contributed by atoms with E-state index in [0.717, 1.165) is 12.1 Å². The zero-order chi connectivity index (χ0) is 21.3. The number of Topliss-reactive ketones (excluding diaryl/α,β-unsaturated/α-hetero) is 1. The second kappa shape index (κ2) is 8.10. The number of anilines is 1. The first-order valence-electron chi connectivity index (χ1n) is 9.52. The van der Waals surface area contributed by atoms with Crippen LogP contribution in [-0.4, -0.2) is 38.4 Å². The molecule has 1 atom stereocenters. The second-order valence-corrected chi connectivity index (χ2v) is 7.21. The maximum absolute atomic E-state index is 13.6.